The van der Waals surface area contributed by atoms with E-state index in [-0.39, 0.29) is 0 Å². The number of rotatable bonds is 6. The molecular weight excluding hydrogens is 793 g/mol. The SMILES string of the molecule is c1ccc(-c2cccc([Si]3(c4ccc(-c5ccccc5-n5c6ccccc6c6ccccc65)cc4)c4ccccc4Oc4c(-n5c6ccccc6c6ccccc65)cccc43)c2)cc1. The fraction of sp³-hybridized carbons (Fsp3) is 0. The Labute approximate surface area is 372 Å². The number of para-hydroxylation sites is 7. The van der Waals surface area contributed by atoms with E-state index in [0.29, 0.717) is 0 Å². The maximum absolute atomic E-state index is 7.27. The third-order valence-corrected chi connectivity index (χ3v) is 18.3. The molecule has 2 aromatic heterocycles. The second-order valence-electron chi connectivity index (χ2n) is 16.8. The van der Waals surface area contributed by atoms with Crippen molar-refractivity contribution < 1.29 is 4.74 Å². The van der Waals surface area contributed by atoms with Gasteiger partial charge in [0.15, 0.2) is 13.8 Å². The van der Waals surface area contributed by atoms with Crippen molar-refractivity contribution in [2.75, 3.05) is 0 Å². The number of benzene rings is 10. The van der Waals surface area contributed by atoms with E-state index in [0.717, 1.165) is 33.9 Å². The molecule has 0 spiro atoms. The van der Waals surface area contributed by atoms with Gasteiger partial charge in [-0.05, 0) is 79.9 Å². The lowest BCUT2D eigenvalue weighted by Gasteiger charge is -2.40. The second-order valence-corrected chi connectivity index (χ2v) is 20.5. The highest BCUT2D eigenvalue weighted by Gasteiger charge is 2.49. The molecule has 1 unspecified atom stereocenters. The molecule has 0 saturated carbocycles. The predicted octanol–water partition coefficient (Wildman–Crippen LogP) is 12.7. The van der Waals surface area contributed by atoms with E-state index in [2.05, 4.69) is 252 Å². The minimum absolute atomic E-state index is 0.904. The minimum Gasteiger partial charge on any atom is -0.455 e. The van der Waals surface area contributed by atoms with Gasteiger partial charge >= 0.3 is 0 Å². The molecule has 64 heavy (non-hydrogen) atoms. The number of ether oxygens (including phenoxy) is 1. The zero-order valence-corrected chi connectivity index (χ0v) is 35.9. The van der Waals surface area contributed by atoms with Gasteiger partial charge in [0.05, 0.1) is 33.4 Å². The average molecular weight is 833 g/mol. The van der Waals surface area contributed by atoms with Gasteiger partial charge in [0.25, 0.3) is 0 Å². The van der Waals surface area contributed by atoms with Crippen LogP contribution in [0.3, 0.4) is 0 Å². The highest BCUT2D eigenvalue weighted by atomic mass is 28.3. The van der Waals surface area contributed by atoms with Crippen molar-refractivity contribution in [1.29, 1.82) is 0 Å². The molecule has 13 rings (SSSR count). The van der Waals surface area contributed by atoms with Gasteiger partial charge in [-0.2, -0.15) is 0 Å². The molecule has 0 saturated heterocycles. The van der Waals surface area contributed by atoms with Crippen LogP contribution in [0.15, 0.2) is 243 Å². The van der Waals surface area contributed by atoms with Crippen LogP contribution < -0.4 is 25.5 Å². The molecule has 0 amide bonds. The molecule has 300 valence electrons. The van der Waals surface area contributed by atoms with E-state index in [1.165, 1.54) is 75.6 Å². The number of aromatic nitrogens is 2. The monoisotopic (exact) mass is 832 g/mol. The summed E-state index contributed by atoms with van der Waals surface area (Å²) in [5, 5.41) is 10.0. The highest BCUT2D eigenvalue weighted by Crippen LogP contribution is 2.40. The standard InChI is InChI=1S/C60H40N2OSi/c1-2-18-41(19-3-1)43-20-16-21-45(40-43)64(44-38-36-42(37-39-44)46-22-4-9-27-51(46)61-52-28-10-5-23-47(52)48-24-6-11-29-53(48)61)58-34-15-14-33-57(58)63-60-56(32-17-35-59(60)64)62-54-30-12-7-25-49(54)50-26-8-13-31-55(50)62/h1-40H. The number of nitrogens with zero attached hydrogens (tertiary/aromatic N) is 2. The molecule has 1 atom stereocenters. The lowest BCUT2D eigenvalue weighted by molar-refractivity contribution is 0.485. The molecule has 1 aliphatic rings. The molecule has 0 N–H and O–H groups in total. The van der Waals surface area contributed by atoms with Gasteiger partial charge in [-0.1, -0.05) is 200 Å². The molecule has 0 fully saturated rings. The first-order chi connectivity index (χ1) is 31.8. The molecule has 3 nitrogen and oxygen atoms in total. The minimum atomic E-state index is -3.13. The Balaban J connectivity index is 1.07. The van der Waals surface area contributed by atoms with Crippen molar-refractivity contribution in [1.82, 2.24) is 9.13 Å². The van der Waals surface area contributed by atoms with E-state index in [1.54, 1.807) is 0 Å². The lowest BCUT2D eigenvalue weighted by Crippen LogP contribution is -2.76. The van der Waals surface area contributed by atoms with Gasteiger partial charge in [-0.3, -0.25) is 0 Å². The molecule has 10 aromatic carbocycles. The van der Waals surface area contributed by atoms with Crippen LogP contribution >= 0.6 is 0 Å². The summed E-state index contributed by atoms with van der Waals surface area (Å²) in [5.41, 5.74) is 11.7. The van der Waals surface area contributed by atoms with Crippen LogP contribution in [0, 0.1) is 0 Å². The van der Waals surface area contributed by atoms with Gasteiger partial charge in [0.2, 0.25) is 0 Å². The summed E-state index contributed by atoms with van der Waals surface area (Å²) in [6.45, 7) is 0. The average Bonchev–Trinajstić information content (AvgIpc) is 3.89. The van der Waals surface area contributed by atoms with Crippen LogP contribution in [0.5, 0.6) is 11.5 Å². The van der Waals surface area contributed by atoms with Gasteiger partial charge in [0.1, 0.15) is 5.75 Å². The van der Waals surface area contributed by atoms with E-state index in [9.17, 15) is 0 Å². The van der Waals surface area contributed by atoms with E-state index in [4.69, 9.17) is 4.74 Å². The zero-order chi connectivity index (χ0) is 42.2. The Morgan fingerprint density at radius 3 is 1.45 bits per heavy atom. The summed E-state index contributed by atoms with van der Waals surface area (Å²) in [6.07, 6.45) is 0. The molecule has 0 radical (unpaired) electrons. The van der Waals surface area contributed by atoms with Crippen LogP contribution in [-0.2, 0) is 0 Å². The summed E-state index contributed by atoms with van der Waals surface area (Å²) < 4.78 is 12.1. The second kappa shape index (κ2) is 14.5. The number of hydrogen-bond acceptors (Lipinski definition) is 1. The molecule has 0 aliphatic carbocycles. The van der Waals surface area contributed by atoms with Crippen LogP contribution in [0.25, 0.3) is 77.2 Å². The van der Waals surface area contributed by atoms with E-state index < -0.39 is 8.07 Å². The van der Waals surface area contributed by atoms with Crippen LogP contribution in [0.2, 0.25) is 0 Å². The van der Waals surface area contributed by atoms with Gasteiger partial charge < -0.3 is 13.9 Å². The van der Waals surface area contributed by atoms with Crippen LogP contribution in [0.1, 0.15) is 0 Å². The summed E-state index contributed by atoms with van der Waals surface area (Å²) in [5.74, 6) is 1.81. The zero-order valence-electron chi connectivity index (χ0n) is 34.9. The summed E-state index contributed by atoms with van der Waals surface area (Å²) in [6, 6.07) is 89.0. The molecule has 1 aliphatic heterocycles. The highest BCUT2D eigenvalue weighted by molar-refractivity contribution is 7.20. The maximum Gasteiger partial charge on any atom is 0.188 e. The Kier molecular flexibility index (Phi) is 8.23. The first kappa shape index (κ1) is 36.5. The van der Waals surface area contributed by atoms with E-state index >= 15 is 0 Å². The van der Waals surface area contributed by atoms with Crippen molar-refractivity contribution in [3.63, 3.8) is 0 Å². The number of fused-ring (bicyclic) bond motifs is 8. The molecule has 0 bridgehead atoms. The normalized spacial score (nSPS) is 14.4. The van der Waals surface area contributed by atoms with Gasteiger partial charge in [-0.25, -0.2) is 0 Å². The van der Waals surface area contributed by atoms with Crippen molar-refractivity contribution in [3.05, 3.63) is 243 Å². The fourth-order valence-electron chi connectivity index (χ4n) is 10.8. The predicted molar refractivity (Wildman–Crippen MR) is 270 cm³/mol. The topological polar surface area (TPSA) is 19.1 Å². The third-order valence-electron chi connectivity index (χ3n) is 13.5. The third kappa shape index (κ3) is 5.33. The van der Waals surface area contributed by atoms with Crippen molar-refractivity contribution in [2.24, 2.45) is 0 Å². The van der Waals surface area contributed by atoms with Crippen molar-refractivity contribution in [2.45, 2.75) is 0 Å². The van der Waals surface area contributed by atoms with Gasteiger partial charge in [0, 0.05) is 27.1 Å². The Bertz CT molecular complexity index is 3660. The Morgan fingerprint density at radius 2 is 0.797 bits per heavy atom. The molecular formula is C60H40N2OSi. The van der Waals surface area contributed by atoms with Crippen LogP contribution in [0.4, 0.5) is 0 Å². The maximum atomic E-state index is 7.27. The summed E-state index contributed by atoms with van der Waals surface area (Å²) >= 11 is 0. The Hall–Kier alpha value is -8.18. The summed E-state index contributed by atoms with van der Waals surface area (Å²) in [7, 11) is -3.13. The largest absolute Gasteiger partial charge is 0.455 e. The van der Waals surface area contributed by atoms with Crippen molar-refractivity contribution in [3.8, 4) is 45.1 Å². The lowest BCUT2D eigenvalue weighted by atomic mass is 10.0. The quantitative estimate of drug-likeness (QED) is 0.153. The molecule has 3 heterocycles. The summed E-state index contributed by atoms with van der Waals surface area (Å²) in [4.78, 5) is 0. The molecule has 12 aromatic rings. The fourth-order valence-corrected chi connectivity index (χ4v) is 15.7. The molecule has 4 heteroatoms. The van der Waals surface area contributed by atoms with E-state index in [1.807, 2.05) is 0 Å². The first-order valence-corrected chi connectivity index (χ1v) is 24.0. The van der Waals surface area contributed by atoms with Crippen molar-refractivity contribution >= 4 is 72.4 Å². The number of hydrogen-bond donors (Lipinski definition) is 0. The first-order valence-electron chi connectivity index (χ1n) is 22.0. The van der Waals surface area contributed by atoms with Gasteiger partial charge in [-0.15, -0.1) is 0 Å². The van der Waals surface area contributed by atoms with Crippen LogP contribution in [-0.4, -0.2) is 17.2 Å². The Morgan fingerprint density at radius 1 is 0.312 bits per heavy atom. The smallest absolute Gasteiger partial charge is 0.188 e.